The number of aryl methyl sites for hydroxylation is 2. The number of hydrogen-bond donors (Lipinski definition) is 0. The lowest BCUT2D eigenvalue weighted by Gasteiger charge is -2.02. The van der Waals surface area contributed by atoms with Gasteiger partial charge in [0.15, 0.2) is 0 Å². The fraction of sp³-hybridized carbons (Fsp3) is 0.750. The van der Waals surface area contributed by atoms with Crippen LogP contribution in [-0.2, 0) is 19.5 Å². The van der Waals surface area contributed by atoms with E-state index in [-0.39, 0.29) is 0 Å². The molecule has 2 nitrogen and oxygen atoms in total. The Bertz CT molecular complexity index is 240. The summed E-state index contributed by atoms with van der Waals surface area (Å²) in [6, 6.07) is 0. The van der Waals surface area contributed by atoms with Crippen molar-refractivity contribution < 1.29 is 4.57 Å². The lowest BCUT2D eigenvalue weighted by Crippen LogP contribution is -2.37. The summed E-state index contributed by atoms with van der Waals surface area (Å²) in [5.74, 6) is 1.50. The van der Waals surface area contributed by atoms with Crippen LogP contribution in [0, 0.1) is 0 Å². The van der Waals surface area contributed by atoms with Gasteiger partial charge in [0, 0.05) is 6.42 Å². The van der Waals surface area contributed by atoms with Crippen molar-refractivity contribution in [3.63, 3.8) is 0 Å². The van der Waals surface area contributed by atoms with Gasteiger partial charge in [-0.25, -0.2) is 9.13 Å². The number of hydrogen-bond acceptors (Lipinski definition) is 0. The predicted molar refractivity (Wildman–Crippen MR) is 59.2 cm³/mol. The van der Waals surface area contributed by atoms with Gasteiger partial charge in [-0.3, -0.25) is 0 Å². The molecule has 0 radical (unpaired) electrons. The van der Waals surface area contributed by atoms with E-state index in [2.05, 4.69) is 42.3 Å². The highest BCUT2D eigenvalue weighted by molar-refractivity contribution is 4.83. The molecule has 0 N–H and O–H groups in total. The molecular weight excluding hydrogens is 172 g/mol. The second-order valence-electron chi connectivity index (χ2n) is 3.85. The van der Waals surface area contributed by atoms with Crippen molar-refractivity contribution in [2.75, 3.05) is 0 Å². The molecule has 80 valence electrons. The van der Waals surface area contributed by atoms with Crippen LogP contribution in [0.15, 0.2) is 12.4 Å². The van der Waals surface area contributed by atoms with Crippen LogP contribution in [0.25, 0.3) is 0 Å². The molecule has 1 aromatic rings. The van der Waals surface area contributed by atoms with E-state index >= 15 is 0 Å². The van der Waals surface area contributed by atoms with Gasteiger partial charge >= 0.3 is 0 Å². The van der Waals surface area contributed by atoms with Gasteiger partial charge in [-0.1, -0.05) is 20.8 Å². The van der Waals surface area contributed by atoms with Gasteiger partial charge in [0.05, 0.1) is 13.1 Å². The van der Waals surface area contributed by atoms with Gasteiger partial charge in [0.2, 0.25) is 0 Å². The minimum Gasteiger partial charge on any atom is -0.234 e. The summed E-state index contributed by atoms with van der Waals surface area (Å²) in [5, 5.41) is 0. The van der Waals surface area contributed by atoms with Gasteiger partial charge in [0.1, 0.15) is 12.4 Å². The van der Waals surface area contributed by atoms with Crippen LogP contribution in [0.1, 0.15) is 45.9 Å². The van der Waals surface area contributed by atoms with E-state index in [1.807, 2.05) is 0 Å². The predicted octanol–water partition coefficient (Wildman–Crippen LogP) is 2.55. The van der Waals surface area contributed by atoms with Crippen LogP contribution >= 0.6 is 0 Å². The minimum atomic E-state index is 1.16. The quantitative estimate of drug-likeness (QED) is 0.617. The third kappa shape index (κ3) is 2.60. The Balaban J connectivity index is 2.82. The Morgan fingerprint density at radius 2 is 1.93 bits per heavy atom. The Morgan fingerprint density at radius 3 is 2.50 bits per heavy atom. The maximum Gasteiger partial charge on any atom is 0.256 e. The van der Waals surface area contributed by atoms with Crippen LogP contribution < -0.4 is 4.57 Å². The van der Waals surface area contributed by atoms with Gasteiger partial charge in [-0.05, 0) is 19.3 Å². The average molecular weight is 195 g/mol. The van der Waals surface area contributed by atoms with E-state index in [0.717, 1.165) is 13.1 Å². The number of rotatable bonds is 6. The molecule has 0 atom stereocenters. The Labute approximate surface area is 87.6 Å². The molecule has 1 aromatic heterocycles. The van der Waals surface area contributed by atoms with E-state index in [1.165, 1.54) is 31.5 Å². The SMILES string of the molecule is CCCc1n(CCC)cc[n+]1CCC. The second-order valence-corrected chi connectivity index (χ2v) is 3.85. The third-order valence-electron chi connectivity index (χ3n) is 2.49. The highest BCUT2D eigenvalue weighted by Gasteiger charge is 2.14. The molecule has 0 bridgehead atoms. The topological polar surface area (TPSA) is 8.81 Å². The molecule has 0 spiro atoms. The fourth-order valence-corrected chi connectivity index (χ4v) is 1.90. The molecule has 0 amide bonds. The van der Waals surface area contributed by atoms with Crippen molar-refractivity contribution in [1.29, 1.82) is 0 Å². The average Bonchev–Trinajstić information content (AvgIpc) is 2.52. The molecule has 0 fully saturated rings. The highest BCUT2D eigenvalue weighted by atomic mass is 15.1. The Kier molecular flexibility index (Phi) is 4.71. The van der Waals surface area contributed by atoms with Crippen molar-refractivity contribution in [3.8, 4) is 0 Å². The van der Waals surface area contributed by atoms with Gasteiger partial charge in [0.25, 0.3) is 5.82 Å². The zero-order valence-electron chi connectivity index (χ0n) is 9.79. The maximum atomic E-state index is 2.40. The molecule has 2 heteroatoms. The van der Waals surface area contributed by atoms with Crippen molar-refractivity contribution in [1.82, 2.24) is 4.57 Å². The smallest absolute Gasteiger partial charge is 0.234 e. The number of imidazole rings is 1. The minimum absolute atomic E-state index is 1.16. The van der Waals surface area contributed by atoms with Gasteiger partial charge in [-0.15, -0.1) is 0 Å². The van der Waals surface area contributed by atoms with Gasteiger partial charge < -0.3 is 0 Å². The fourth-order valence-electron chi connectivity index (χ4n) is 1.90. The number of aromatic nitrogens is 2. The molecule has 0 aliphatic rings. The van der Waals surface area contributed by atoms with Crippen LogP contribution in [0.2, 0.25) is 0 Å². The van der Waals surface area contributed by atoms with E-state index in [1.54, 1.807) is 0 Å². The first kappa shape index (κ1) is 11.3. The lowest BCUT2D eigenvalue weighted by atomic mass is 10.3. The maximum absolute atomic E-state index is 2.40. The van der Waals surface area contributed by atoms with Crippen molar-refractivity contribution >= 4 is 0 Å². The van der Waals surface area contributed by atoms with E-state index in [9.17, 15) is 0 Å². The van der Waals surface area contributed by atoms with Crippen LogP contribution in [-0.4, -0.2) is 4.57 Å². The van der Waals surface area contributed by atoms with Gasteiger partial charge in [-0.2, -0.15) is 0 Å². The molecular formula is C12H23N2+. The van der Waals surface area contributed by atoms with Crippen LogP contribution in [0.3, 0.4) is 0 Å². The molecule has 0 aliphatic carbocycles. The summed E-state index contributed by atoms with van der Waals surface area (Å²) >= 11 is 0. The molecule has 0 saturated heterocycles. The normalized spacial score (nSPS) is 10.8. The first-order valence-electron chi connectivity index (χ1n) is 5.90. The zero-order chi connectivity index (χ0) is 10.4. The molecule has 14 heavy (non-hydrogen) atoms. The highest BCUT2D eigenvalue weighted by Crippen LogP contribution is 2.01. The molecule has 1 heterocycles. The van der Waals surface area contributed by atoms with Crippen molar-refractivity contribution in [2.24, 2.45) is 0 Å². The summed E-state index contributed by atoms with van der Waals surface area (Å²) < 4.78 is 4.80. The Hall–Kier alpha value is -0.790. The molecule has 0 aliphatic heterocycles. The summed E-state index contributed by atoms with van der Waals surface area (Å²) in [4.78, 5) is 0. The van der Waals surface area contributed by atoms with E-state index < -0.39 is 0 Å². The van der Waals surface area contributed by atoms with Crippen LogP contribution in [0.5, 0.6) is 0 Å². The molecule has 0 aromatic carbocycles. The number of nitrogens with zero attached hydrogens (tertiary/aromatic N) is 2. The zero-order valence-corrected chi connectivity index (χ0v) is 9.79. The first-order chi connectivity index (χ1) is 6.83. The largest absolute Gasteiger partial charge is 0.256 e. The lowest BCUT2D eigenvalue weighted by molar-refractivity contribution is -0.703. The molecule has 1 rings (SSSR count). The van der Waals surface area contributed by atoms with E-state index in [0.29, 0.717) is 0 Å². The monoisotopic (exact) mass is 195 g/mol. The van der Waals surface area contributed by atoms with Crippen molar-refractivity contribution in [3.05, 3.63) is 18.2 Å². The van der Waals surface area contributed by atoms with Crippen molar-refractivity contribution in [2.45, 2.75) is 59.5 Å². The first-order valence-corrected chi connectivity index (χ1v) is 5.90. The summed E-state index contributed by atoms with van der Waals surface area (Å²) in [5.41, 5.74) is 0. The van der Waals surface area contributed by atoms with E-state index in [4.69, 9.17) is 0 Å². The second kappa shape index (κ2) is 5.84. The molecule has 0 unspecified atom stereocenters. The third-order valence-corrected chi connectivity index (χ3v) is 2.49. The summed E-state index contributed by atoms with van der Waals surface area (Å²) in [6.45, 7) is 9.04. The summed E-state index contributed by atoms with van der Waals surface area (Å²) in [7, 11) is 0. The summed E-state index contributed by atoms with van der Waals surface area (Å²) in [6.07, 6.45) is 9.33. The van der Waals surface area contributed by atoms with Crippen LogP contribution in [0.4, 0.5) is 0 Å². The molecule has 0 saturated carbocycles. The Morgan fingerprint density at radius 1 is 1.14 bits per heavy atom. The standard InChI is InChI=1S/C12H23N2/c1-4-7-12-13(8-5-2)10-11-14(12)9-6-3/h10-11H,4-9H2,1-3H3/q+1.